The minimum atomic E-state index is 0.841. The molecule has 0 aliphatic rings. The van der Waals surface area contributed by atoms with Gasteiger partial charge in [-0.2, -0.15) is 0 Å². The number of furan rings is 2. The van der Waals surface area contributed by atoms with E-state index in [9.17, 15) is 0 Å². The van der Waals surface area contributed by atoms with Crippen molar-refractivity contribution in [1.29, 1.82) is 0 Å². The van der Waals surface area contributed by atoms with Crippen LogP contribution in [-0.2, 0) is 0 Å². The lowest BCUT2D eigenvalue weighted by Gasteiger charge is -2.26. The largest absolute Gasteiger partial charge is 0.456 e. The molecule has 12 rings (SSSR count). The third-order valence-corrected chi connectivity index (χ3v) is 11.0. The molecule has 0 fully saturated rings. The van der Waals surface area contributed by atoms with E-state index in [2.05, 4.69) is 161 Å². The highest BCUT2D eigenvalue weighted by Gasteiger charge is 2.21. The summed E-state index contributed by atoms with van der Waals surface area (Å²) in [5.41, 5.74) is 14.7. The first-order chi connectivity index (χ1) is 27.2. The van der Waals surface area contributed by atoms with E-state index in [1.165, 1.54) is 5.39 Å². The number of nitrogens with zero attached hydrogens (tertiary/aromatic N) is 2. The van der Waals surface area contributed by atoms with Crippen LogP contribution in [0, 0.1) is 0 Å². The van der Waals surface area contributed by atoms with E-state index >= 15 is 0 Å². The van der Waals surface area contributed by atoms with E-state index in [-0.39, 0.29) is 0 Å². The summed E-state index contributed by atoms with van der Waals surface area (Å²) >= 11 is 0. The van der Waals surface area contributed by atoms with Crippen molar-refractivity contribution < 1.29 is 13.3 Å². The second kappa shape index (κ2) is 11.5. The number of rotatable bonds is 5. The summed E-state index contributed by atoms with van der Waals surface area (Å²) in [5.74, 6) is 0. The zero-order chi connectivity index (χ0) is 36.0. The van der Waals surface area contributed by atoms with E-state index in [1.807, 2.05) is 30.3 Å². The monoisotopic (exact) mass is 706 g/mol. The van der Waals surface area contributed by atoms with Crippen LogP contribution in [0.4, 0.5) is 17.1 Å². The molecule has 8 aromatic carbocycles. The van der Waals surface area contributed by atoms with Crippen LogP contribution >= 0.6 is 0 Å². The molecule has 55 heavy (non-hydrogen) atoms. The average molecular weight is 707 g/mol. The molecule has 0 unspecified atom stereocenters. The summed E-state index contributed by atoms with van der Waals surface area (Å²) in [6.07, 6.45) is 0. The molecule has 0 aliphatic carbocycles. The van der Waals surface area contributed by atoms with Gasteiger partial charge in [0.1, 0.15) is 22.3 Å². The topological polar surface area (TPSA) is 47.1 Å². The minimum absolute atomic E-state index is 0.841. The van der Waals surface area contributed by atoms with Gasteiger partial charge in [0, 0.05) is 56.1 Å². The predicted molar refractivity (Wildman–Crippen MR) is 225 cm³/mol. The molecule has 4 aromatic heterocycles. The first kappa shape index (κ1) is 30.0. The maximum absolute atomic E-state index is 6.64. The molecule has 5 heteroatoms. The van der Waals surface area contributed by atoms with Crippen molar-refractivity contribution in [2.45, 2.75) is 0 Å². The van der Waals surface area contributed by atoms with Gasteiger partial charge in [-0.05, 0) is 83.4 Å². The fourth-order valence-corrected chi connectivity index (χ4v) is 8.48. The second-order valence-electron chi connectivity index (χ2n) is 14.1. The molecule has 0 aliphatic heterocycles. The number of oxazole rings is 1. The highest BCUT2D eigenvalue weighted by atomic mass is 16.3. The quantitative estimate of drug-likeness (QED) is 0.179. The van der Waals surface area contributed by atoms with Crippen molar-refractivity contribution in [2.24, 2.45) is 0 Å². The highest BCUT2D eigenvalue weighted by molar-refractivity contribution is 6.09. The smallest absolute Gasteiger partial charge is 0.213 e. The van der Waals surface area contributed by atoms with Crippen LogP contribution in [0.2, 0.25) is 0 Å². The molecule has 258 valence electrons. The molecule has 0 bridgehead atoms. The van der Waals surface area contributed by atoms with Crippen molar-refractivity contribution in [3.63, 3.8) is 0 Å². The zero-order valence-corrected chi connectivity index (χ0v) is 29.4. The van der Waals surface area contributed by atoms with Gasteiger partial charge in [0.2, 0.25) is 5.71 Å². The third-order valence-electron chi connectivity index (χ3n) is 11.0. The summed E-state index contributed by atoms with van der Waals surface area (Å²) in [4.78, 5) is 2.28. The Morgan fingerprint density at radius 1 is 0.327 bits per heavy atom. The highest BCUT2D eigenvalue weighted by Crippen LogP contribution is 2.43. The van der Waals surface area contributed by atoms with Crippen LogP contribution in [0.15, 0.2) is 195 Å². The van der Waals surface area contributed by atoms with Gasteiger partial charge in [-0.1, -0.05) is 103 Å². The standard InChI is InChI=1S/C50H30N2O3/c1-2-11-31(12-3-1)49-41-17-4-7-18-42(41)52-43-28-33(21-26-46(43)55-50(49)52)32-13-10-14-34(27-32)51(35-22-24-39-37-15-5-8-19-44(37)53-47(39)29-35)36-23-25-40-38-16-6-9-20-45(38)54-48(40)30-36/h1-30H. The van der Waals surface area contributed by atoms with Gasteiger partial charge in [0.05, 0.1) is 16.6 Å². The molecule has 0 saturated heterocycles. The molecule has 0 saturated carbocycles. The summed E-state index contributed by atoms with van der Waals surface area (Å²) in [7, 11) is 0. The first-order valence-corrected chi connectivity index (χ1v) is 18.5. The van der Waals surface area contributed by atoms with Gasteiger partial charge < -0.3 is 18.2 Å². The first-order valence-electron chi connectivity index (χ1n) is 18.5. The Bertz CT molecular complexity index is 3340. The average Bonchev–Trinajstić information content (AvgIpc) is 3.99. The van der Waals surface area contributed by atoms with E-state index in [0.717, 1.165) is 106 Å². The normalized spacial score (nSPS) is 12.0. The minimum Gasteiger partial charge on any atom is -0.456 e. The molecule has 4 heterocycles. The Hall–Kier alpha value is -7.50. The van der Waals surface area contributed by atoms with E-state index < -0.39 is 0 Å². The maximum atomic E-state index is 6.64. The van der Waals surface area contributed by atoms with Gasteiger partial charge in [-0.15, -0.1) is 0 Å². The number of para-hydroxylation sites is 3. The van der Waals surface area contributed by atoms with Crippen LogP contribution < -0.4 is 4.90 Å². The lowest BCUT2D eigenvalue weighted by molar-refractivity contribution is 0.658. The fraction of sp³-hybridized carbons (Fsp3) is 0. The van der Waals surface area contributed by atoms with Gasteiger partial charge in [-0.3, -0.25) is 4.40 Å². The molecule has 5 nitrogen and oxygen atoms in total. The summed E-state index contributed by atoms with van der Waals surface area (Å²) in [6.45, 7) is 0. The van der Waals surface area contributed by atoms with Crippen molar-refractivity contribution in [3.05, 3.63) is 182 Å². The van der Waals surface area contributed by atoms with Crippen LogP contribution in [-0.4, -0.2) is 4.40 Å². The van der Waals surface area contributed by atoms with Crippen molar-refractivity contribution in [3.8, 4) is 22.3 Å². The number of hydrogen-bond donors (Lipinski definition) is 0. The van der Waals surface area contributed by atoms with Crippen molar-refractivity contribution >= 4 is 88.7 Å². The molecular formula is C50H30N2O3. The SMILES string of the molecule is c1ccc(-c2c3ccccc3n3c2oc2ccc(-c4cccc(N(c5ccc6c(c5)oc5ccccc56)c5ccc6c(c5)oc5ccccc56)c4)cc23)cc1. The fourth-order valence-electron chi connectivity index (χ4n) is 8.48. The number of aromatic nitrogens is 1. The Morgan fingerprint density at radius 3 is 1.60 bits per heavy atom. The summed E-state index contributed by atoms with van der Waals surface area (Å²) in [6, 6.07) is 63.6. The Labute approximate surface area is 314 Å². The van der Waals surface area contributed by atoms with E-state index in [1.54, 1.807) is 0 Å². The molecular weight excluding hydrogens is 677 g/mol. The Kier molecular flexibility index (Phi) is 6.27. The van der Waals surface area contributed by atoms with Gasteiger partial charge >= 0.3 is 0 Å². The Morgan fingerprint density at radius 2 is 0.891 bits per heavy atom. The van der Waals surface area contributed by atoms with Gasteiger partial charge in [-0.25, -0.2) is 0 Å². The molecule has 12 aromatic rings. The lowest BCUT2D eigenvalue weighted by Crippen LogP contribution is -2.09. The van der Waals surface area contributed by atoms with Crippen LogP contribution in [0.1, 0.15) is 0 Å². The lowest BCUT2D eigenvalue weighted by atomic mass is 10.0. The number of benzene rings is 8. The van der Waals surface area contributed by atoms with Crippen molar-refractivity contribution in [1.82, 2.24) is 4.40 Å². The maximum Gasteiger partial charge on any atom is 0.213 e. The molecule has 0 N–H and O–H groups in total. The van der Waals surface area contributed by atoms with Crippen LogP contribution in [0.5, 0.6) is 0 Å². The summed E-state index contributed by atoms with van der Waals surface area (Å²) in [5, 5.41) is 5.56. The van der Waals surface area contributed by atoms with Gasteiger partial charge in [0.15, 0.2) is 5.58 Å². The molecule has 0 amide bonds. The second-order valence-corrected chi connectivity index (χ2v) is 14.1. The van der Waals surface area contributed by atoms with E-state index in [4.69, 9.17) is 13.3 Å². The number of fused-ring (bicyclic) bond motifs is 11. The molecule has 0 radical (unpaired) electrons. The molecule has 0 spiro atoms. The zero-order valence-electron chi connectivity index (χ0n) is 29.4. The number of anilines is 3. The summed E-state index contributed by atoms with van der Waals surface area (Å²) < 4.78 is 21.7. The van der Waals surface area contributed by atoms with Crippen LogP contribution in [0.25, 0.3) is 93.8 Å². The Balaban J connectivity index is 1.04. The molecule has 0 atom stereocenters. The van der Waals surface area contributed by atoms with Crippen LogP contribution in [0.3, 0.4) is 0 Å². The van der Waals surface area contributed by atoms with Gasteiger partial charge in [0.25, 0.3) is 0 Å². The van der Waals surface area contributed by atoms with Crippen molar-refractivity contribution in [2.75, 3.05) is 4.90 Å². The van der Waals surface area contributed by atoms with E-state index in [0.29, 0.717) is 0 Å². The predicted octanol–water partition coefficient (Wildman–Crippen LogP) is 14.4. The number of hydrogen-bond acceptors (Lipinski definition) is 4. The third kappa shape index (κ3) is 4.53.